The second kappa shape index (κ2) is 7.43. The molecule has 1 aromatic heterocycles. The van der Waals surface area contributed by atoms with Crippen LogP contribution in [0.5, 0.6) is 5.88 Å². The maximum absolute atomic E-state index is 5.38. The van der Waals surface area contributed by atoms with E-state index in [-0.39, 0.29) is 6.04 Å². The van der Waals surface area contributed by atoms with E-state index in [1.807, 2.05) is 0 Å². The van der Waals surface area contributed by atoms with Crippen molar-refractivity contribution in [3.8, 4) is 5.88 Å². The molecule has 1 aliphatic carbocycles. The zero-order valence-corrected chi connectivity index (χ0v) is 12.1. The first-order chi connectivity index (χ1) is 9.36. The van der Waals surface area contributed by atoms with Crippen LogP contribution in [0.3, 0.4) is 0 Å². The molecule has 1 aromatic rings. The molecule has 0 spiro atoms. The maximum Gasteiger partial charge on any atom is 0.237 e. The molecule has 4 nitrogen and oxygen atoms in total. The lowest BCUT2D eigenvalue weighted by molar-refractivity contribution is 0.259. The third kappa shape index (κ3) is 3.66. The van der Waals surface area contributed by atoms with Gasteiger partial charge in [-0.2, -0.15) is 0 Å². The predicted molar refractivity (Wildman–Crippen MR) is 76.2 cm³/mol. The summed E-state index contributed by atoms with van der Waals surface area (Å²) < 4.78 is 5.38. The van der Waals surface area contributed by atoms with Crippen LogP contribution in [0.2, 0.25) is 0 Å². The summed E-state index contributed by atoms with van der Waals surface area (Å²) in [5, 5.41) is 3.65. The lowest BCUT2D eigenvalue weighted by atomic mass is 9.82. The molecule has 0 aromatic carbocycles. The molecule has 0 aliphatic heterocycles. The molecule has 4 heteroatoms. The van der Waals surface area contributed by atoms with E-state index >= 15 is 0 Å². The number of ether oxygens (including phenoxy) is 1. The number of methoxy groups -OCH3 is 1. The highest BCUT2D eigenvalue weighted by molar-refractivity contribution is 5.22. The van der Waals surface area contributed by atoms with Gasteiger partial charge in [-0.25, -0.2) is 4.98 Å². The zero-order valence-electron chi connectivity index (χ0n) is 12.1. The highest BCUT2D eigenvalue weighted by atomic mass is 16.5. The van der Waals surface area contributed by atoms with E-state index in [1.165, 1.54) is 32.1 Å². The van der Waals surface area contributed by atoms with Crippen LogP contribution in [-0.4, -0.2) is 23.6 Å². The van der Waals surface area contributed by atoms with Crippen molar-refractivity contribution < 1.29 is 4.74 Å². The van der Waals surface area contributed by atoms with E-state index in [0.717, 1.165) is 18.7 Å². The second-order valence-electron chi connectivity index (χ2n) is 5.28. The van der Waals surface area contributed by atoms with Gasteiger partial charge < -0.3 is 10.1 Å². The van der Waals surface area contributed by atoms with Gasteiger partial charge in [0.05, 0.1) is 13.2 Å². The highest BCUT2D eigenvalue weighted by Crippen LogP contribution is 2.36. The van der Waals surface area contributed by atoms with E-state index < -0.39 is 0 Å². The van der Waals surface area contributed by atoms with Crippen molar-refractivity contribution in [1.29, 1.82) is 0 Å². The summed E-state index contributed by atoms with van der Waals surface area (Å²) in [7, 11) is 1.67. The minimum Gasteiger partial charge on any atom is -0.480 e. The Morgan fingerprint density at radius 1 is 1.26 bits per heavy atom. The summed E-state index contributed by atoms with van der Waals surface area (Å²) >= 11 is 0. The Balaban J connectivity index is 2.19. The van der Waals surface area contributed by atoms with Gasteiger partial charge in [-0.15, -0.1) is 0 Å². The summed E-state index contributed by atoms with van der Waals surface area (Å²) in [5.74, 6) is 1.33. The molecule has 2 rings (SSSR count). The molecular weight excluding hydrogens is 238 g/mol. The molecule has 1 atom stereocenters. The molecule has 0 radical (unpaired) electrons. The molecule has 0 saturated heterocycles. The highest BCUT2D eigenvalue weighted by Gasteiger charge is 2.28. The Morgan fingerprint density at radius 3 is 2.68 bits per heavy atom. The Kier molecular flexibility index (Phi) is 5.58. The lowest BCUT2D eigenvalue weighted by Crippen LogP contribution is -2.31. The Labute approximate surface area is 116 Å². The first-order valence-electron chi connectivity index (χ1n) is 7.45. The molecule has 0 amide bonds. The summed E-state index contributed by atoms with van der Waals surface area (Å²) in [4.78, 5) is 8.82. The summed E-state index contributed by atoms with van der Waals surface area (Å²) in [6.45, 7) is 3.21. The quantitative estimate of drug-likeness (QED) is 0.856. The van der Waals surface area contributed by atoms with E-state index in [0.29, 0.717) is 11.8 Å². The van der Waals surface area contributed by atoms with Gasteiger partial charge in [0.1, 0.15) is 5.69 Å². The Morgan fingerprint density at radius 2 is 2.00 bits per heavy atom. The van der Waals surface area contributed by atoms with Gasteiger partial charge >= 0.3 is 0 Å². The SMILES string of the molecule is CCCNC(c1nccnc1OC)C1CCCCC1. The van der Waals surface area contributed by atoms with E-state index in [1.54, 1.807) is 19.5 Å². The maximum atomic E-state index is 5.38. The average molecular weight is 263 g/mol. The number of nitrogens with zero attached hydrogens (tertiary/aromatic N) is 2. The van der Waals surface area contributed by atoms with Gasteiger partial charge in [-0.3, -0.25) is 4.98 Å². The smallest absolute Gasteiger partial charge is 0.237 e. The third-order valence-electron chi connectivity index (χ3n) is 3.91. The molecule has 1 heterocycles. The number of hydrogen-bond donors (Lipinski definition) is 1. The van der Waals surface area contributed by atoms with Crippen molar-refractivity contribution in [2.75, 3.05) is 13.7 Å². The number of hydrogen-bond acceptors (Lipinski definition) is 4. The van der Waals surface area contributed by atoms with Gasteiger partial charge in [0, 0.05) is 12.4 Å². The third-order valence-corrected chi connectivity index (χ3v) is 3.91. The zero-order chi connectivity index (χ0) is 13.5. The van der Waals surface area contributed by atoms with E-state index in [2.05, 4.69) is 22.2 Å². The summed E-state index contributed by atoms with van der Waals surface area (Å²) in [6.07, 6.45) is 11.2. The van der Waals surface area contributed by atoms with Crippen LogP contribution in [0.15, 0.2) is 12.4 Å². The van der Waals surface area contributed by atoms with Crippen LogP contribution in [0.1, 0.15) is 57.2 Å². The van der Waals surface area contributed by atoms with Crippen LogP contribution in [0.4, 0.5) is 0 Å². The van der Waals surface area contributed by atoms with Crippen molar-refractivity contribution in [2.24, 2.45) is 5.92 Å². The monoisotopic (exact) mass is 263 g/mol. The molecule has 0 bridgehead atoms. The molecule has 1 N–H and O–H groups in total. The number of rotatable bonds is 6. The van der Waals surface area contributed by atoms with Gasteiger partial charge in [-0.1, -0.05) is 26.2 Å². The topological polar surface area (TPSA) is 47.0 Å². The standard InChI is InChI=1S/C15H25N3O/c1-3-9-16-13(12-7-5-4-6-8-12)14-15(19-2)18-11-10-17-14/h10-13,16H,3-9H2,1-2H3. The Hall–Kier alpha value is -1.16. The summed E-state index contributed by atoms with van der Waals surface area (Å²) in [5.41, 5.74) is 0.977. The number of nitrogens with one attached hydrogen (secondary N) is 1. The van der Waals surface area contributed by atoms with E-state index in [9.17, 15) is 0 Å². The van der Waals surface area contributed by atoms with Crippen LogP contribution in [-0.2, 0) is 0 Å². The van der Waals surface area contributed by atoms with Crippen LogP contribution >= 0.6 is 0 Å². The normalized spacial score (nSPS) is 18.2. The molecule has 1 unspecified atom stereocenters. The number of aromatic nitrogens is 2. The molecule has 1 fully saturated rings. The Bertz CT molecular complexity index is 377. The van der Waals surface area contributed by atoms with Crippen LogP contribution in [0, 0.1) is 5.92 Å². The second-order valence-corrected chi connectivity index (χ2v) is 5.28. The fourth-order valence-electron chi connectivity index (χ4n) is 2.96. The van der Waals surface area contributed by atoms with Gasteiger partial charge in [0.15, 0.2) is 0 Å². The van der Waals surface area contributed by atoms with Crippen molar-refractivity contribution in [2.45, 2.75) is 51.5 Å². The molecule has 1 saturated carbocycles. The van der Waals surface area contributed by atoms with Gasteiger partial charge in [-0.05, 0) is 31.7 Å². The molecule has 106 valence electrons. The lowest BCUT2D eigenvalue weighted by Gasteiger charge is -2.31. The summed E-state index contributed by atoms with van der Waals surface area (Å²) in [6, 6.07) is 0.281. The van der Waals surface area contributed by atoms with Gasteiger partial charge in [0.2, 0.25) is 5.88 Å². The van der Waals surface area contributed by atoms with Crippen molar-refractivity contribution >= 4 is 0 Å². The van der Waals surface area contributed by atoms with Crippen molar-refractivity contribution in [3.05, 3.63) is 18.1 Å². The average Bonchev–Trinajstić information content (AvgIpc) is 2.49. The minimum absolute atomic E-state index is 0.281. The van der Waals surface area contributed by atoms with Crippen molar-refractivity contribution in [1.82, 2.24) is 15.3 Å². The first-order valence-corrected chi connectivity index (χ1v) is 7.45. The first kappa shape index (κ1) is 14.3. The predicted octanol–water partition coefficient (Wildman–Crippen LogP) is 3.11. The van der Waals surface area contributed by atoms with Crippen LogP contribution < -0.4 is 10.1 Å². The fraction of sp³-hybridized carbons (Fsp3) is 0.733. The van der Waals surface area contributed by atoms with E-state index in [4.69, 9.17) is 4.74 Å². The van der Waals surface area contributed by atoms with Crippen LogP contribution in [0.25, 0.3) is 0 Å². The molecule has 1 aliphatic rings. The minimum atomic E-state index is 0.281. The largest absolute Gasteiger partial charge is 0.480 e. The fourth-order valence-corrected chi connectivity index (χ4v) is 2.96. The molecular formula is C15H25N3O. The van der Waals surface area contributed by atoms with Crippen molar-refractivity contribution in [3.63, 3.8) is 0 Å². The van der Waals surface area contributed by atoms with Gasteiger partial charge in [0.25, 0.3) is 0 Å². The molecule has 19 heavy (non-hydrogen) atoms.